The lowest BCUT2D eigenvalue weighted by molar-refractivity contribution is -0.119. The predicted molar refractivity (Wildman–Crippen MR) is 153 cm³/mol. The molecule has 0 heterocycles. The van der Waals surface area contributed by atoms with Crippen molar-refractivity contribution in [1.29, 1.82) is 0 Å². The molecule has 0 bridgehead atoms. The standard InChI is InChI=1S/C29H35N3O6S/c1-6-16-38-27-15-11-23(18-28(27)37-7-2)19-30-31-29(33)20-32(25-17-22(4)10-14-26(25)36-5)39(34,35)24-12-8-21(3)9-13-24/h8-15,17-19H,6-7,16,20H2,1-5H3,(H,31,33)/b30-19-. The van der Waals surface area contributed by atoms with Crippen LogP contribution in [0.2, 0.25) is 0 Å². The van der Waals surface area contributed by atoms with E-state index >= 15 is 0 Å². The maximum Gasteiger partial charge on any atom is 0.264 e. The molecular formula is C29H35N3O6S. The number of rotatable bonds is 13. The number of carbonyl (C=O) groups excluding carboxylic acids is 1. The Balaban J connectivity index is 1.85. The van der Waals surface area contributed by atoms with E-state index < -0.39 is 22.5 Å². The largest absolute Gasteiger partial charge is 0.495 e. The number of carbonyl (C=O) groups is 1. The lowest BCUT2D eigenvalue weighted by atomic mass is 10.2. The maximum absolute atomic E-state index is 13.7. The minimum Gasteiger partial charge on any atom is -0.495 e. The predicted octanol–water partition coefficient (Wildman–Crippen LogP) is 4.85. The summed E-state index contributed by atoms with van der Waals surface area (Å²) in [6.07, 6.45) is 2.32. The third kappa shape index (κ3) is 7.73. The molecule has 0 spiro atoms. The van der Waals surface area contributed by atoms with Gasteiger partial charge in [-0.3, -0.25) is 9.10 Å². The van der Waals surface area contributed by atoms with Gasteiger partial charge in [-0.1, -0.05) is 30.7 Å². The van der Waals surface area contributed by atoms with Gasteiger partial charge < -0.3 is 14.2 Å². The van der Waals surface area contributed by atoms with Crippen LogP contribution in [0.5, 0.6) is 17.2 Å². The number of anilines is 1. The molecule has 0 radical (unpaired) electrons. The number of ether oxygens (including phenoxy) is 3. The molecule has 0 fully saturated rings. The van der Waals surface area contributed by atoms with Crippen LogP contribution < -0.4 is 23.9 Å². The first-order valence-corrected chi connectivity index (χ1v) is 14.1. The van der Waals surface area contributed by atoms with Crippen LogP contribution >= 0.6 is 0 Å². The van der Waals surface area contributed by atoms with E-state index in [1.165, 1.54) is 25.5 Å². The zero-order valence-electron chi connectivity index (χ0n) is 22.9. The molecule has 3 aromatic carbocycles. The molecule has 1 N–H and O–H groups in total. The molecule has 3 aromatic rings. The van der Waals surface area contributed by atoms with Gasteiger partial charge in [-0.05, 0) is 80.8 Å². The highest BCUT2D eigenvalue weighted by atomic mass is 32.2. The average Bonchev–Trinajstić information content (AvgIpc) is 2.91. The van der Waals surface area contributed by atoms with Crippen molar-refractivity contribution >= 4 is 27.8 Å². The maximum atomic E-state index is 13.7. The van der Waals surface area contributed by atoms with Crippen LogP contribution in [0.3, 0.4) is 0 Å². The van der Waals surface area contributed by atoms with Crippen LogP contribution in [0, 0.1) is 13.8 Å². The van der Waals surface area contributed by atoms with Gasteiger partial charge in [-0.15, -0.1) is 0 Å². The van der Waals surface area contributed by atoms with E-state index in [0.29, 0.717) is 36.0 Å². The summed E-state index contributed by atoms with van der Waals surface area (Å²) in [6, 6.07) is 16.9. The van der Waals surface area contributed by atoms with Crippen molar-refractivity contribution in [3.05, 3.63) is 77.4 Å². The Morgan fingerprint density at radius 2 is 1.62 bits per heavy atom. The molecule has 0 unspecified atom stereocenters. The molecule has 0 aliphatic rings. The van der Waals surface area contributed by atoms with Crippen LogP contribution in [-0.4, -0.2) is 47.4 Å². The number of hydrazone groups is 1. The molecule has 9 nitrogen and oxygen atoms in total. The van der Waals surface area contributed by atoms with Crippen molar-refractivity contribution in [3.63, 3.8) is 0 Å². The lowest BCUT2D eigenvalue weighted by Crippen LogP contribution is -2.39. The summed E-state index contributed by atoms with van der Waals surface area (Å²) in [4.78, 5) is 13.0. The van der Waals surface area contributed by atoms with Crippen LogP contribution in [0.25, 0.3) is 0 Å². The molecule has 0 aliphatic heterocycles. The Morgan fingerprint density at radius 3 is 2.28 bits per heavy atom. The van der Waals surface area contributed by atoms with Crippen LogP contribution in [-0.2, 0) is 14.8 Å². The topological polar surface area (TPSA) is 107 Å². The fourth-order valence-electron chi connectivity index (χ4n) is 3.68. The average molecular weight is 554 g/mol. The third-order valence-corrected chi connectivity index (χ3v) is 7.41. The molecule has 0 saturated heterocycles. The van der Waals surface area contributed by atoms with Gasteiger partial charge in [0.15, 0.2) is 11.5 Å². The van der Waals surface area contributed by atoms with Gasteiger partial charge in [0, 0.05) is 0 Å². The Morgan fingerprint density at radius 1 is 0.923 bits per heavy atom. The van der Waals surface area contributed by atoms with Crippen LogP contribution in [0.4, 0.5) is 5.69 Å². The lowest BCUT2D eigenvalue weighted by Gasteiger charge is -2.25. The fourth-order valence-corrected chi connectivity index (χ4v) is 5.10. The monoisotopic (exact) mass is 553 g/mol. The Hall–Kier alpha value is -4.05. The number of sulfonamides is 1. The number of hydrogen-bond donors (Lipinski definition) is 1. The molecule has 3 rings (SSSR count). The summed E-state index contributed by atoms with van der Waals surface area (Å²) >= 11 is 0. The van der Waals surface area contributed by atoms with Crippen molar-refractivity contribution < 1.29 is 27.4 Å². The summed E-state index contributed by atoms with van der Waals surface area (Å²) in [6.45, 7) is 8.12. The molecule has 0 aliphatic carbocycles. The Bertz CT molecular complexity index is 1410. The summed E-state index contributed by atoms with van der Waals surface area (Å²) in [5.41, 5.74) is 5.08. The first-order valence-electron chi connectivity index (χ1n) is 12.6. The van der Waals surface area contributed by atoms with Gasteiger partial charge in [0.2, 0.25) is 0 Å². The molecule has 0 aromatic heterocycles. The number of nitrogens with one attached hydrogen (secondary N) is 1. The highest BCUT2D eigenvalue weighted by Gasteiger charge is 2.29. The molecule has 0 atom stereocenters. The fraction of sp³-hybridized carbons (Fsp3) is 0.310. The van der Waals surface area contributed by atoms with E-state index in [1.807, 2.05) is 27.7 Å². The van der Waals surface area contributed by atoms with E-state index in [4.69, 9.17) is 14.2 Å². The molecular weight excluding hydrogens is 518 g/mol. The second kappa shape index (κ2) is 13.7. The summed E-state index contributed by atoms with van der Waals surface area (Å²) in [5, 5.41) is 4.03. The smallest absolute Gasteiger partial charge is 0.264 e. The number of amides is 1. The van der Waals surface area contributed by atoms with Crippen molar-refractivity contribution in [1.82, 2.24) is 5.43 Å². The van der Waals surface area contributed by atoms with Gasteiger partial charge in [-0.25, -0.2) is 13.8 Å². The normalized spacial score (nSPS) is 11.3. The zero-order chi connectivity index (χ0) is 28.4. The second-order valence-corrected chi connectivity index (χ2v) is 10.6. The first kappa shape index (κ1) is 29.5. The van der Waals surface area contributed by atoms with Crippen molar-refractivity contribution in [2.75, 3.05) is 31.2 Å². The second-order valence-electron chi connectivity index (χ2n) is 8.78. The quantitative estimate of drug-likeness (QED) is 0.240. The van der Waals surface area contributed by atoms with E-state index in [0.717, 1.165) is 21.9 Å². The van der Waals surface area contributed by atoms with E-state index in [-0.39, 0.29) is 10.6 Å². The van der Waals surface area contributed by atoms with Crippen molar-refractivity contribution in [2.45, 2.75) is 39.0 Å². The van der Waals surface area contributed by atoms with Gasteiger partial charge in [0.25, 0.3) is 15.9 Å². The van der Waals surface area contributed by atoms with Crippen LogP contribution in [0.15, 0.2) is 70.7 Å². The number of hydrogen-bond acceptors (Lipinski definition) is 7. The molecule has 39 heavy (non-hydrogen) atoms. The van der Waals surface area contributed by atoms with E-state index in [1.54, 1.807) is 48.5 Å². The van der Waals surface area contributed by atoms with E-state index in [2.05, 4.69) is 10.5 Å². The van der Waals surface area contributed by atoms with Gasteiger partial charge in [0.05, 0.1) is 37.1 Å². The van der Waals surface area contributed by atoms with Crippen LogP contribution in [0.1, 0.15) is 37.0 Å². The first-order chi connectivity index (χ1) is 18.7. The number of nitrogens with zero attached hydrogens (tertiary/aromatic N) is 2. The Labute approximate surface area is 230 Å². The number of aryl methyl sites for hydroxylation is 2. The summed E-state index contributed by atoms with van der Waals surface area (Å²) in [7, 11) is -2.66. The number of methoxy groups -OCH3 is 1. The van der Waals surface area contributed by atoms with Gasteiger partial charge >= 0.3 is 0 Å². The van der Waals surface area contributed by atoms with E-state index in [9.17, 15) is 13.2 Å². The molecule has 208 valence electrons. The summed E-state index contributed by atoms with van der Waals surface area (Å²) < 4.78 is 45.2. The highest BCUT2D eigenvalue weighted by molar-refractivity contribution is 7.92. The van der Waals surface area contributed by atoms with Gasteiger partial charge in [-0.2, -0.15) is 5.10 Å². The van der Waals surface area contributed by atoms with Gasteiger partial charge in [0.1, 0.15) is 12.3 Å². The molecule has 10 heteroatoms. The molecule has 1 amide bonds. The minimum atomic E-state index is -4.11. The minimum absolute atomic E-state index is 0.0572. The number of benzene rings is 3. The Kier molecular flexibility index (Phi) is 10.3. The van der Waals surface area contributed by atoms with Crippen molar-refractivity contribution in [2.24, 2.45) is 5.10 Å². The zero-order valence-corrected chi connectivity index (χ0v) is 23.7. The highest BCUT2D eigenvalue weighted by Crippen LogP contribution is 2.33. The third-order valence-electron chi connectivity index (χ3n) is 5.63. The SMILES string of the molecule is CCCOc1ccc(/C=N\NC(=O)CN(c2cc(C)ccc2OC)S(=O)(=O)c2ccc(C)cc2)cc1OCC. The van der Waals surface area contributed by atoms with Crippen molar-refractivity contribution in [3.8, 4) is 17.2 Å². The molecule has 0 saturated carbocycles. The summed E-state index contributed by atoms with van der Waals surface area (Å²) in [5.74, 6) is 0.895.